The molecule has 0 spiro atoms. The monoisotopic (exact) mass is 182 g/mol. The number of hydrogen-bond donors (Lipinski definition) is 2. The minimum Gasteiger partial charge on any atom is -0.377 e. The summed E-state index contributed by atoms with van der Waals surface area (Å²) in [4.78, 5) is 0. The van der Waals surface area contributed by atoms with Gasteiger partial charge >= 0.3 is 0 Å². The van der Waals surface area contributed by atoms with E-state index in [2.05, 4.69) is 11.3 Å². The van der Waals surface area contributed by atoms with Gasteiger partial charge in [-0.05, 0) is 25.7 Å². The molecule has 0 aliphatic heterocycles. The Bertz CT molecular complexity index is 188. The molecule has 0 radical (unpaired) electrons. The fourth-order valence-electron chi connectivity index (χ4n) is 1.95. The van der Waals surface area contributed by atoms with E-state index < -0.39 is 0 Å². The molecule has 3 nitrogen and oxygen atoms in total. The van der Waals surface area contributed by atoms with Crippen LogP contribution < -0.4 is 11.3 Å². The Morgan fingerprint density at radius 1 is 1.69 bits per heavy atom. The van der Waals surface area contributed by atoms with Crippen LogP contribution in [0, 0.1) is 12.3 Å². The quantitative estimate of drug-likeness (QED) is 0.375. The number of methoxy groups -OCH3 is 1. The zero-order chi connectivity index (χ0) is 9.73. The second-order valence-corrected chi connectivity index (χ2v) is 3.58. The maximum Gasteiger partial charge on any atom is 0.0844 e. The van der Waals surface area contributed by atoms with Gasteiger partial charge in [0.2, 0.25) is 0 Å². The molecule has 0 aromatic heterocycles. The Labute approximate surface area is 80.0 Å². The minimum atomic E-state index is -0.0500. The van der Waals surface area contributed by atoms with Gasteiger partial charge in [0.25, 0.3) is 0 Å². The summed E-state index contributed by atoms with van der Waals surface area (Å²) in [5, 5.41) is 0. The zero-order valence-electron chi connectivity index (χ0n) is 8.18. The molecule has 1 fully saturated rings. The van der Waals surface area contributed by atoms with Gasteiger partial charge in [-0.1, -0.05) is 0 Å². The highest BCUT2D eigenvalue weighted by Gasteiger charge is 2.43. The van der Waals surface area contributed by atoms with Crippen molar-refractivity contribution in [3.05, 3.63) is 0 Å². The number of terminal acetylenes is 1. The first kappa shape index (κ1) is 10.5. The molecular weight excluding hydrogens is 164 g/mol. The van der Waals surface area contributed by atoms with Crippen LogP contribution in [0.4, 0.5) is 0 Å². The molecule has 0 saturated heterocycles. The average Bonchev–Trinajstić information content (AvgIpc) is 2.09. The van der Waals surface area contributed by atoms with Crippen LogP contribution in [0.5, 0.6) is 0 Å². The highest BCUT2D eigenvalue weighted by Crippen LogP contribution is 2.39. The molecule has 0 amide bonds. The summed E-state index contributed by atoms with van der Waals surface area (Å²) in [5.74, 6) is 8.11. The van der Waals surface area contributed by atoms with Crippen LogP contribution in [0.25, 0.3) is 0 Å². The predicted octanol–water partition coefficient (Wildman–Crippen LogP) is 0.801. The molecule has 0 aromatic carbocycles. The van der Waals surface area contributed by atoms with Crippen molar-refractivity contribution in [2.45, 2.75) is 43.7 Å². The van der Waals surface area contributed by atoms with Crippen molar-refractivity contribution < 1.29 is 4.74 Å². The molecule has 13 heavy (non-hydrogen) atoms. The van der Waals surface area contributed by atoms with E-state index in [1.165, 1.54) is 6.42 Å². The lowest BCUT2D eigenvalue weighted by molar-refractivity contribution is -0.0997. The number of hydrogen-bond acceptors (Lipinski definition) is 3. The largest absolute Gasteiger partial charge is 0.377 e. The topological polar surface area (TPSA) is 47.3 Å². The lowest BCUT2D eigenvalue weighted by Crippen LogP contribution is -2.58. The Morgan fingerprint density at radius 3 is 2.69 bits per heavy atom. The predicted molar refractivity (Wildman–Crippen MR) is 52.8 cm³/mol. The molecule has 1 saturated carbocycles. The summed E-state index contributed by atoms with van der Waals surface area (Å²) in [6.07, 6.45) is 10.3. The molecule has 0 heterocycles. The van der Waals surface area contributed by atoms with Gasteiger partial charge in [-0.3, -0.25) is 11.3 Å². The SMILES string of the molecule is C#CCCC(NN)C1(OC)CCC1. The smallest absolute Gasteiger partial charge is 0.0844 e. The number of hydrazine groups is 1. The Kier molecular flexibility index (Phi) is 3.73. The van der Waals surface area contributed by atoms with E-state index in [1.807, 2.05) is 0 Å². The molecule has 1 rings (SSSR count). The van der Waals surface area contributed by atoms with Gasteiger partial charge in [0, 0.05) is 13.5 Å². The van der Waals surface area contributed by atoms with Crippen molar-refractivity contribution in [1.29, 1.82) is 0 Å². The van der Waals surface area contributed by atoms with E-state index in [1.54, 1.807) is 7.11 Å². The van der Waals surface area contributed by atoms with E-state index >= 15 is 0 Å². The van der Waals surface area contributed by atoms with Crippen molar-refractivity contribution in [2.24, 2.45) is 5.84 Å². The Balaban J connectivity index is 2.48. The van der Waals surface area contributed by atoms with E-state index in [9.17, 15) is 0 Å². The molecular formula is C10H18N2O. The summed E-state index contributed by atoms with van der Waals surface area (Å²) < 4.78 is 5.51. The minimum absolute atomic E-state index is 0.0500. The van der Waals surface area contributed by atoms with Gasteiger partial charge in [-0.2, -0.15) is 0 Å². The molecule has 0 aromatic rings. The third-order valence-electron chi connectivity index (χ3n) is 3.02. The van der Waals surface area contributed by atoms with Gasteiger partial charge in [0.1, 0.15) is 0 Å². The molecule has 0 bridgehead atoms. The second kappa shape index (κ2) is 4.61. The number of ether oxygens (including phenoxy) is 1. The molecule has 1 unspecified atom stereocenters. The zero-order valence-corrected chi connectivity index (χ0v) is 8.18. The fraction of sp³-hybridized carbons (Fsp3) is 0.800. The maximum atomic E-state index is 5.51. The third-order valence-corrected chi connectivity index (χ3v) is 3.02. The Morgan fingerprint density at radius 2 is 2.38 bits per heavy atom. The summed E-state index contributed by atoms with van der Waals surface area (Å²) in [6, 6.07) is 0.197. The standard InChI is InChI=1S/C10H18N2O/c1-3-4-6-9(12-11)10(13-2)7-5-8-10/h1,9,12H,4-8,11H2,2H3. The van der Waals surface area contributed by atoms with E-state index in [-0.39, 0.29) is 11.6 Å². The van der Waals surface area contributed by atoms with Gasteiger partial charge < -0.3 is 4.74 Å². The van der Waals surface area contributed by atoms with Crippen LogP contribution in [0.2, 0.25) is 0 Å². The first-order chi connectivity index (χ1) is 6.29. The van der Waals surface area contributed by atoms with Crippen molar-refractivity contribution in [3.8, 4) is 12.3 Å². The van der Waals surface area contributed by atoms with Crippen molar-refractivity contribution in [1.82, 2.24) is 5.43 Å². The molecule has 1 atom stereocenters. The van der Waals surface area contributed by atoms with Gasteiger partial charge in [0.05, 0.1) is 11.6 Å². The van der Waals surface area contributed by atoms with Gasteiger partial charge in [-0.15, -0.1) is 12.3 Å². The first-order valence-electron chi connectivity index (χ1n) is 4.74. The second-order valence-electron chi connectivity index (χ2n) is 3.58. The van der Waals surface area contributed by atoms with E-state index in [4.69, 9.17) is 17.0 Å². The highest BCUT2D eigenvalue weighted by molar-refractivity contribution is 5.00. The summed E-state index contributed by atoms with van der Waals surface area (Å²) in [7, 11) is 1.75. The fourth-order valence-corrected chi connectivity index (χ4v) is 1.95. The first-order valence-corrected chi connectivity index (χ1v) is 4.74. The summed E-state index contributed by atoms with van der Waals surface area (Å²) >= 11 is 0. The number of rotatable bonds is 5. The molecule has 74 valence electrons. The van der Waals surface area contributed by atoms with Crippen LogP contribution in [-0.2, 0) is 4.74 Å². The number of nitrogens with one attached hydrogen (secondary N) is 1. The lowest BCUT2D eigenvalue weighted by atomic mass is 9.73. The van der Waals surface area contributed by atoms with Crippen molar-refractivity contribution in [2.75, 3.05) is 7.11 Å². The summed E-state index contributed by atoms with van der Waals surface area (Å²) in [5.41, 5.74) is 2.76. The Hall–Kier alpha value is -0.560. The number of nitrogens with two attached hydrogens (primary N) is 1. The van der Waals surface area contributed by atoms with Crippen LogP contribution in [0.1, 0.15) is 32.1 Å². The van der Waals surface area contributed by atoms with Crippen molar-refractivity contribution in [3.63, 3.8) is 0 Å². The normalized spacial score (nSPS) is 21.6. The molecule has 3 N–H and O–H groups in total. The van der Waals surface area contributed by atoms with Gasteiger partial charge in [-0.25, -0.2) is 0 Å². The van der Waals surface area contributed by atoms with Crippen LogP contribution >= 0.6 is 0 Å². The van der Waals surface area contributed by atoms with E-state index in [0.717, 1.165) is 25.7 Å². The third kappa shape index (κ3) is 2.02. The molecule has 3 heteroatoms. The molecule has 1 aliphatic rings. The van der Waals surface area contributed by atoms with E-state index in [0.29, 0.717) is 0 Å². The van der Waals surface area contributed by atoms with Crippen LogP contribution in [0.3, 0.4) is 0 Å². The van der Waals surface area contributed by atoms with Crippen LogP contribution in [-0.4, -0.2) is 18.8 Å². The lowest BCUT2D eigenvalue weighted by Gasteiger charge is -2.46. The maximum absolute atomic E-state index is 5.51. The highest BCUT2D eigenvalue weighted by atomic mass is 16.5. The summed E-state index contributed by atoms with van der Waals surface area (Å²) in [6.45, 7) is 0. The van der Waals surface area contributed by atoms with Crippen molar-refractivity contribution >= 4 is 0 Å². The van der Waals surface area contributed by atoms with Crippen LogP contribution in [0.15, 0.2) is 0 Å². The van der Waals surface area contributed by atoms with Gasteiger partial charge in [0.15, 0.2) is 0 Å². The molecule has 1 aliphatic carbocycles. The average molecular weight is 182 g/mol.